The topological polar surface area (TPSA) is 0 Å². The lowest BCUT2D eigenvalue weighted by atomic mass is 9.86. The third-order valence-corrected chi connectivity index (χ3v) is 12.4. The first kappa shape index (κ1) is 32.2. The Hall–Kier alpha value is -4.98. The molecule has 2 radical (unpaired) electrons. The number of hydrogen-bond acceptors (Lipinski definition) is 0. The molecule has 2 aliphatic rings. The van der Waals surface area contributed by atoms with Gasteiger partial charge >= 0.3 is 0 Å². The van der Waals surface area contributed by atoms with Crippen LogP contribution in [0.25, 0.3) is 56.7 Å². The minimum atomic E-state index is 0.476. The normalized spacial score (nSPS) is 14.7. The van der Waals surface area contributed by atoms with Gasteiger partial charge in [-0.05, 0) is 130 Å². The maximum absolute atomic E-state index is 2.58. The molecule has 50 heavy (non-hydrogen) atoms. The van der Waals surface area contributed by atoms with Crippen molar-refractivity contribution in [3.63, 3.8) is 0 Å². The third-order valence-electron chi connectivity index (χ3n) is 11.0. The predicted octanol–water partition coefficient (Wildman–Crippen LogP) is 13.1. The summed E-state index contributed by atoms with van der Waals surface area (Å²) in [5.41, 5.74) is 21.9. The monoisotopic (exact) mass is 660 g/mol. The number of aryl methyl sites for hydroxylation is 2. The van der Waals surface area contributed by atoms with Crippen molar-refractivity contribution in [2.45, 2.75) is 59.8 Å². The Balaban J connectivity index is 1.16. The van der Waals surface area contributed by atoms with E-state index in [2.05, 4.69) is 168 Å². The molecule has 0 heterocycles. The van der Waals surface area contributed by atoms with Crippen LogP contribution in [0, 0.1) is 27.7 Å². The standard InChI is InChI=1S/C49H44Si/c1-6-15-44-43-23-14-22-42(40-27-25-32(3)49(34(40)5)36-18-11-8-12-19-36)46(43)30-47(44)50-38-28-37-20-13-21-41(45(37)29-38)39-26-24-31(2)48(33(39)4)35-16-9-7-10-17-35/h7-14,16-27,29-30,44H,6,15,28H2,1-5H3. The van der Waals surface area contributed by atoms with Crippen LogP contribution >= 0.6 is 0 Å². The summed E-state index contributed by atoms with van der Waals surface area (Å²) in [4.78, 5) is 0. The molecule has 0 saturated heterocycles. The van der Waals surface area contributed by atoms with E-state index in [1.165, 1.54) is 102 Å². The lowest BCUT2D eigenvalue weighted by Gasteiger charge is -2.19. The molecular formula is C49H44Si. The lowest BCUT2D eigenvalue weighted by Crippen LogP contribution is -2.08. The summed E-state index contributed by atoms with van der Waals surface area (Å²) in [6.45, 7) is 11.4. The van der Waals surface area contributed by atoms with Crippen LogP contribution in [0.15, 0.2) is 132 Å². The van der Waals surface area contributed by atoms with E-state index in [1.807, 2.05) is 0 Å². The summed E-state index contributed by atoms with van der Waals surface area (Å²) < 4.78 is 0. The predicted molar refractivity (Wildman–Crippen MR) is 217 cm³/mol. The molecule has 1 unspecified atom stereocenters. The molecule has 6 aromatic carbocycles. The first-order chi connectivity index (χ1) is 24.4. The van der Waals surface area contributed by atoms with Crippen molar-refractivity contribution in [1.29, 1.82) is 0 Å². The summed E-state index contributed by atoms with van der Waals surface area (Å²) in [5.74, 6) is 0.476. The zero-order valence-electron chi connectivity index (χ0n) is 29.9. The molecule has 6 aromatic rings. The van der Waals surface area contributed by atoms with Crippen LogP contribution in [-0.4, -0.2) is 9.52 Å². The molecule has 0 aliphatic heterocycles. The largest absolute Gasteiger partial charge is 0.111 e. The molecule has 1 heteroatoms. The van der Waals surface area contributed by atoms with Gasteiger partial charge in [-0.2, -0.15) is 0 Å². The van der Waals surface area contributed by atoms with Gasteiger partial charge < -0.3 is 0 Å². The first-order valence-electron chi connectivity index (χ1n) is 18.2. The van der Waals surface area contributed by atoms with Crippen molar-refractivity contribution in [3.05, 3.63) is 176 Å². The number of fused-ring (bicyclic) bond motifs is 2. The second-order valence-electron chi connectivity index (χ2n) is 14.2. The minimum absolute atomic E-state index is 0.476. The summed E-state index contributed by atoms with van der Waals surface area (Å²) in [7, 11) is 0.694. The molecule has 0 spiro atoms. The smallest absolute Gasteiger partial charge is 0.0748 e. The van der Waals surface area contributed by atoms with Gasteiger partial charge in [-0.25, -0.2) is 0 Å². The van der Waals surface area contributed by atoms with Gasteiger partial charge in [0.2, 0.25) is 0 Å². The van der Waals surface area contributed by atoms with Crippen molar-refractivity contribution in [3.8, 4) is 44.5 Å². The Kier molecular flexibility index (Phi) is 8.63. The minimum Gasteiger partial charge on any atom is -0.0748 e. The quantitative estimate of drug-likeness (QED) is 0.143. The van der Waals surface area contributed by atoms with Crippen molar-refractivity contribution >= 4 is 21.7 Å². The molecule has 0 amide bonds. The van der Waals surface area contributed by atoms with Crippen molar-refractivity contribution < 1.29 is 0 Å². The van der Waals surface area contributed by atoms with E-state index in [0.29, 0.717) is 15.4 Å². The van der Waals surface area contributed by atoms with E-state index in [-0.39, 0.29) is 0 Å². The van der Waals surface area contributed by atoms with Crippen LogP contribution in [0.2, 0.25) is 0 Å². The Bertz CT molecular complexity index is 2300. The van der Waals surface area contributed by atoms with Crippen molar-refractivity contribution in [1.82, 2.24) is 0 Å². The van der Waals surface area contributed by atoms with E-state index in [0.717, 1.165) is 6.42 Å². The van der Waals surface area contributed by atoms with Gasteiger partial charge in [-0.15, -0.1) is 0 Å². The lowest BCUT2D eigenvalue weighted by molar-refractivity contribution is 0.716. The van der Waals surface area contributed by atoms with Crippen molar-refractivity contribution in [2.75, 3.05) is 0 Å². The summed E-state index contributed by atoms with van der Waals surface area (Å²) in [6.07, 6.45) is 8.51. The molecule has 0 bridgehead atoms. The molecule has 244 valence electrons. The van der Waals surface area contributed by atoms with Gasteiger partial charge in [0.15, 0.2) is 0 Å². The van der Waals surface area contributed by atoms with Crippen LogP contribution in [0.3, 0.4) is 0 Å². The van der Waals surface area contributed by atoms with Gasteiger partial charge in [0.05, 0.1) is 0 Å². The Morgan fingerprint density at radius 2 is 1.10 bits per heavy atom. The summed E-state index contributed by atoms with van der Waals surface area (Å²) >= 11 is 0. The highest BCUT2D eigenvalue weighted by atomic mass is 28.2. The summed E-state index contributed by atoms with van der Waals surface area (Å²) in [5, 5.41) is 3.15. The molecule has 0 N–H and O–H groups in total. The highest BCUT2D eigenvalue weighted by Crippen LogP contribution is 2.46. The second kappa shape index (κ2) is 13.4. The van der Waals surface area contributed by atoms with E-state index in [9.17, 15) is 0 Å². The van der Waals surface area contributed by atoms with Crippen LogP contribution in [0.1, 0.15) is 70.2 Å². The highest BCUT2D eigenvalue weighted by molar-refractivity contribution is 6.57. The molecule has 0 nitrogen and oxygen atoms in total. The van der Waals surface area contributed by atoms with Gasteiger partial charge in [0.1, 0.15) is 9.52 Å². The maximum Gasteiger partial charge on any atom is 0.111 e. The zero-order chi connectivity index (χ0) is 34.4. The Morgan fingerprint density at radius 3 is 1.68 bits per heavy atom. The number of hydrogen-bond donors (Lipinski definition) is 0. The van der Waals surface area contributed by atoms with Crippen LogP contribution in [0.5, 0.6) is 0 Å². The summed E-state index contributed by atoms with van der Waals surface area (Å²) in [6, 6.07) is 45.0. The van der Waals surface area contributed by atoms with Crippen molar-refractivity contribution in [2.24, 2.45) is 0 Å². The SMILES string of the molecule is CCCC1C([Si]C2=Cc3c(cccc3-c3ccc(C)c(-c4ccccc4)c3C)C2)=Cc2c(-c3ccc(C)c(-c4ccccc4)c3C)cccc21. The van der Waals surface area contributed by atoms with Crippen LogP contribution < -0.4 is 0 Å². The fourth-order valence-corrected chi connectivity index (χ4v) is 10.2. The van der Waals surface area contributed by atoms with Crippen LogP contribution in [-0.2, 0) is 6.42 Å². The molecular weight excluding hydrogens is 617 g/mol. The molecule has 8 rings (SSSR count). The van der Waals surface area contributed by atoms with E-state index in [1.54, 1.807) is 10.4 Å². The van der Waals surface area contributed by atoms with Gasteiger partial charge in [-0.1, -0.05) is 157 Å². The van der Waals surface area contributed by atoms with E-state index < -0.39 is 0 Å². The fourth-order valence-electron chi connectivity index (χ4n) is 8.67. The zero-order valence-corrected chi connectivity index (χ0v) is 30.9. The average Bonchev–Trinajstić information content (AvgIpc) is 3.70. The molecule has 0 fully saturated rings. The van der Waals surface area contributed by atoms with Crippen LogP contribution in [0.4, 0.5) is 0 Å². The fraction of sp³-hybridized carbons (Fsp3) is 0.184. The second-order valence-corrected chi connectivity index (χ2v) is 15.7. The molecule has 0 saturated carbocycles. The number of benzene rings is 6. The molecule has 2 aliphatic carbocycles. The Labute approximate surface area is 301 Å². The van der Waals surface area contributed by atoms with E-state index in [4.69, 9.17) is 0 Å². The van der Waals surface area contributed by atoms with Gasteiger partial charge in [0.25, 0.3) is 0 Å². The number of rotatable bonds is 8. The van der Waals surface area contributed by atoms with E-state index >= 15 is 0 Å². The maximum atomic E-state index is 2.58. The number of allylic oxidation sites excluding steroid dienone is 2. The van der Waals surface area contributed by atoms with Gasteiger partial charge in [-0.3, -0.25) is 0 Å². The first-order valence-corrected chi connectivity index (χ1v) is 19.2. The third kappa shape index (κ3) is 5.64. The highest BCUT2D eigenvalue weighted by Gasteiger charge is 2.29. The molecule has 0 aromatic heterocycles. The average molecular weight is 661 g/mol. The Morgan fingerprint density at radius 1 is 0.540 bits per heavy atom. The molecule has 1 atom stereocenters. The van der Waals surface area contributed by atoms with Gasteiger partial charge in [0, 0.05) is 5.92 Å².